The van der Waals surface area contributed by atoms with E-state index in [9.17, 15) is 4.79 Å². The Bertz CT molecular complexity index is 380. The molecule has 0 saturated carbocycles. The highest BCUT2D eigenvalue weighted by Gasteiger charge is 2.02. The van der Waals surface area contributed by atoms with Crippen molar-refractivity contribution in [2.24, 2.45) is 0 Å². The molecule has 4 heteroatoms. The van der Waals surface area contributed by atoms with Crippen LogP contribution in [0.3, 0.4) is 0 Å². The van der Waals surface area contributed by atoms with Crippen LogP contribution in [-0.2, 0) is 11.2 Å². The second-order valence-electron chi connectivity index (χ2n) is 4.64. The Balaban J connectivity index is 2.17. The summed E-state index contributed by atoms with van der Waals surface area (Å²) in [6.45, 7) is 1.74. The minimum Gasteiger partial charge on any atom is -0.356 e. The van der Waals surface area contributed by atoms with Crippen LogP contribution in [0.4, 0.5) is 0 Å². The molecule has 0 spiro atoms. The van der Waals surface area contributed by atoms with Gasteiger partial charge in [-0.05, 0) is 51.2 Å². The monoisotopic (exact) mass is 268 g/mol. The lowest BCUT2D eigenvalue weighted by molar-refractivity contribution is -0.121. The molecule has 100 valence electrons. The third-order valence-electron chi connectivity index (χ3n) is 2.63. The molecule has 0 aliphatic rings. The number of nitrogens with one attached hydrogen (secondary N) is 1. The number of amides is 1. The van der Waals surface area contributed by atoms with E-state index in [0.717, 1.165) is 36.5 Å². The van der Waals surface area contributed by atoms with E-state index in [-0.39, 0.29) is 5.91 Å². The summed E-state index contributed by atoms with van der Waals surface area (Å²) < 4.78 is 0. The highest BCUT2D eigenvalue weighted by molar-refractivity contribution is 6.30. The molecule has 18 heavy (non-hydrogen) atoms. The van der Waals surface area contributed by atoms with Crippen LogP contribution in [-0.4, -0.2) is 38.0 Å². The summed E-state index contributed by atoms with van der Waals surface area (Å²) in [4.78, 5) is 13.7. The first kappa shape index (κ1) is 15.0. The van der Waals surface area contributed by atoms with Gasteiger partial charge in [0.15, 0.2) is 0 Å². The van der Waals surface area contributed by atoms with Gasteiger partial charge in [-0.15, -0.1) is 0 Å². The van der Waals surface area contributed by atoms with Gasteiger partial charge in [0, 0.05) is 18.0 Å². The zero-order valence-corrected chi connectivity index (χ0v) is 11.8. The van der Waals surface area contributed by atoms with Crippen molar-refractivity contribution < 1.29 is 4.79 Å². The third kappa shape index (κ3) is 6.62. The Kier molecular flexibility index (Phi) is 6.76. The minimum absolute atomic E-state index is 0.105. The second-order valence-corrected chi connectivity index (χ2v) is 5.07. The number of aryl methyl sites for hydroxylation is 1. The van der Waals surface area contributed by atoms with E-state index in [1.54, 1.807) is 0 Å². The summed E-state index contributed by atoms with van der Waals surface area (Å²) in [5.74, 6) is 0.105. The van der Waals surface area contributed by atoms with Crippen molar-refractivity contribution in [2.45, 2.75) is 19.3 Å². The molecule has 0 unspecified atom stereocenters. The van der Waals surface area contributed by atoms with Crippen molar-refractivity contribution in [3.63, 3.8) is 0 Å². The van der Waals surface area contributed by atoms with E-state index < -0.39 is 0 Å². The molecule has 0 saturated heterocycles. The molecule has 0 aromatic heterocycles. The first-order valence-corrected chi connectivity index (χ1v) is 6.61. The molecule has 0 aliphatic heterocycles. The lowest BCUT2D eigenvalue weighted by Gasteiger charge is -2.09. The lowest BCUT2D eigenvalue weighted by atomic mass is 10.1. The molecule has 0 atom stereocenters. The largest absolute Gasteiger partial charge is 0.356 e. The Morgan fingerprint density at radius 1 is 1.39 bits per heavy atom. The normalized spacial score (nSPS) is 10.7. The summed E-state index contributed by atoms with van der Waals surface area (Å²) in [5, 5.41) is 3.65. The first-order chi connectivity index (χ1) is 8.58. The van der Waals surface area contributed by atoms with Crippen LogP contribution in [0.1, 0.15) is 18.4 Å². The van der Waals surface area contributed by atoms with Crippen molar-refractivity contribution in [1.82, 2.24) is 10.2 Å². The van der Waals surface area contributed by atoms with E-state index >= 15 is 0 Å². The Morgan fingerprint density at radius 3 is 2.83 bits per heavy atom. The standard InChI is InChI=1S/C14H21ClN2O/c1-17(2)10-4-9-16-14(18)8-7-12-5-3-6-13(15)11-12/h3,5-6,11H,4,7-10H2,1-2H3,(H,16,18). The second kappa shape index (κ2) is 8.11. The molecular weight excluding hydrogens is 248 g/mol. The van der Waals surface area contributed by atoms with Gasteiger partial charge in [0.05, 0.1) is 0 Å². The highest BCUT2D eigenvalue weighted by Crippen LogP contribution is 2.11. The summed E-state index contributed by atoms with van der Waals surface area (Å²) >= 11 is 5.89. The number of rotatable bonds is 7. The van der Waals surface area contributed by atoms with Crippen molar-refractivity contribution in [1.29, 1.82) is 0 Å². The predicted molar refractivity (Wildman–Crippen MR) is 76.0 cm³/mol. The summed E-state index contributed by atoms with van der Waals surface area (Å²) in [6, 6.07) is 7.64. The number of halogens is 1. The van der Waals surface area contributed by atoms with Crippen LogP contribution in [0.15, 0.2) is 24.3 Å². The van der Waals surface area contributed by atoms with E-state index in [1.807, 2.05) is 38.4 Å². The van der Waals surface area contributed by atoms with E-state index in [2.05, 4.69) is 10.2 Å². The van der Waals surface area contributed by atoms with Crippen LogP contribution < -0.4 is 5.32 Å². The highest BCUT2D eigenvalue weighted by atomic mass is 35.5. The quantitative estimate of drug-likeness (QED) is 0.770. The van der Waals surface area contributed by atoms with Crippen LogP contribution >= 0.6 is 11.6 Å². The number of carbonyl (C=O) groups is 1. The minimum atomic E-state index is 0.105. The third-order valence-corrected chi connectivity index (χ3v) is 2.87. The fraction of sp³-hybridized carbons (Fsp3) is 0.500. The maximum Gasteiger partial charge on any atom is 0.220 e. The van der Waals surface area contributed by atoms with Crippen molar-refractivity contribution in [2.75, 3.05) is 27.2 Å². The van der Waals surface area contributed by atoms with E-state index in [1.165, 1.54) is 0 Å². The molecule has 0 aliphatic carbocycles. The fourth-order valence-electron chi connectivity index (χ4n) is 1.66. The molecule has 0 bridgehead atoms. The molecule has 1 amide bonds. The fourth-order valence-corrected chi connectivity index (χ4v) is 1.87. The Morgan fingerprint density at radius 2 is 2.17 bits per heavy atom. The van der Waals surface area contributed by atoms with Crippen LogP contribution in [0, 0.1) is 0 Å². The van der Waals surface area contributed by atoms with Gasteiger partial charge in [0.25, 0.3) is 0 Å². The molecule has 1 rings (SSSR count). The van der Waals surface area contributed by atoms with Crippen molar-refractivity contribution >= 4 is 17.5 Å². The summed E-state index contributed by atoms with van der Waals surface area (Å²) in [5.41, 5.74) is 1.10. The lowest BCUT2D eigenvalue weighted by Crippen LogP contribution is -2.27. The van der Waals surface area contributed by atoms with E-state index in [4.69, 9.17) is 11.6 Å². The first-order valence-electron chi connectivity index (χ1n) is 6.24. The van der Waals surface area contributed by atoms with Crippen molar-refractivity contribution in [3.05, 3.63) is 34.9 Å². The van der Waals surface area contributed by atoms with Crippen LogP contribution in [0.25, 0.3) is 0 Å². The summed E-state index contributed by atoms with van der Waals surface area (Å²) in [7, 11) is 4.06. The van der Waals surface area contributed by atoms with Gasteiger partial charge in [-0.3, -0.25) is 4.79 Å². The molecule has 1 aromatic rings. The average Bonchev–Trinajstić information content (AvgIpc) is 2.32. The van der Waals surface area contributed by atoms with Crippen LogP contribution in [0.2, 0.25) is 5.02 Å². The van der Waals surface area contributed by atoms with Crippen molar-refractivity contribution in [3.8, 4) is 0 Å². The van der Waals surface area contributed by atoms with Gasteiger partial charge < -0.3 is 10.2 Å². The summed E-state index contributed by atoms with van der Waals surface area (Å²) in [6.07, 6.45) is 2.23. The average molecular weight is 269 g/mol. The van der Waals surface area contributed by atoms with Gasteiger partial charge in [0.1, 0.15) is 0 Å². The molecule has 0 heterocycles. The SMILES string of the molecule is CN(C)CCCNC(=O)CCc1cccc(Cl)c1. The molecule has 0 radical (unpaired) electrons. The Labute approximate surface area is 114 Å². The van der Waals surface area contributed by atoms with Gasteiger partial charge >= 0.3 is 0 Å². The molecule has 3 nitrogen and oxygen atoms in total. The number of hydrogen-bond acceptors (Lipinski definition) is 2. The Hall–Kier alpha value is -1.06. The van der Waals surface area contributed by atoms with Gasteiger partial charge in [-0.2, -0.15) is 0 Å². The zero-order chi connectivity index (χ0) is 13.4. The maximum atomic E-state index is 11.6. The number of hydrogen-bond donors (Lipinski definition) is 1. The van der Waals surface area contributed by atoms with Gasteiger partial charge in [-0.1, -0.05) is 23.7 Å². The van der Waals surface area contributed by atoms with Crippen LogP contribution in [0.5, 0.6) is 0 Å². The molecule has 0 fully saturated rings. The molecular formula is C14H21ClN2O. The van der Waals surface area contributed by atoms with Gasteiger partial charge in [-0.25, -0.2) is 0 Å². The molecule has 1 N–H and O–H groups in total. The van der Waals surface area contributed by atoms with E-state index in [0.29, 0.717) is 6.42 Å². The number of nitrogens with zero attached hydrogens (tertiary/aromatic N) is 1. The number of carbonyl (C=O) groups excluding carboxylic acids is 1. The number of benzene rings is 1. The zero-order valence-electron chi connectivity index (χ0n) is 11.1. The van der Waals surface area contributed by atoms with Gasteiger partial charge in [0.2, 0.25) is 5.91 Å². The topological polar surface area (TPSA) is 32.3 Å². The molecule has 1 aromatic carbocycles. The smallest absolute Gasteiger partial charge is 0.220 e. The maximum absolute atomic E-state index is 11.6. The predicted octanol–water partition coefficient (Wildman–Crippen LogP) is 2.34.